The van der Waals surface area contributed by atoms with Crippen LogP contribution in [0.4, 0.5) is 0 Å². The number of fused-ring (bicyclic) bond motifs is 1. The molecule has 3 nitrogen and oxygen atoms in total. The lowest BCUT2D eigenvalue weighted by Crippen LogP contribution is -2.30. The summed E-state index contributed by atoms with van der Waals surface area (Å²) >= 11 is 0. The zero-order valence-corrected chi connectivity index (χ0v) is 9.91. The number of imidazole rings is 1. The highest BCUT2D eigenvalue weighted by Crippen LogP contribution is 2.22. The molecule has 88 valence electrons. The Kier molecular flexibility index (Phi) is 2.96. The fourth-order valence-corrected chi connectivity index (χ4v) is 3.03. The largest absolute Gasteiger partial charge is 0.334 e. The second kappa shape index (κ2) is 4.58. The summed E-state index contributed by atoms with van der Waals surface area (Å²) in [5, 5.41) is 3.43. The van der Waals surface area contributed by atoms with Gasteiger partial charge in [0, 0.05) is 12.2 Å². The summed E-state index contributed by atoms with van der Waals surface area (Å²) in [6, 6.07) is 0. The minimum absolute atomic E-state index is 0.862. The van der Waals surface area contributed by atoms with E-state index in [2.05, 4.69) is 21.2 Å². The first-order chi connectivity index (χ1) is 7.93. The molecule has 2 heterocycles. The highest BCUT2D eigenvalue weighted by molar-refractivity contribution is 5.16. The van der Waals surface area contributed by atoms with Gasteiger partial charge in [0.25, 0.3) is 0 Å². The fraction of sp³-hybridized carbons (Fsp3) is 0.769. The van der Waals surface area contributed by atoms with Crippen LogP contribution in [0.1, 0.15) is 37.1 Å². The molecule has 1 fully saturated rings. The standard InChI is InChI=1S/C13H21N3/c1-2-4-13-12(3-1)15-10-16(13)9-11-5-7-14-8-6-11/h10-11,14H,1-9H2. The van der Waals surface area contributed by atoms with Crippen molar-refractivity contribution < 1.29 is 0 Å². The average molecular weight is 219 g/mol. The molecule has 1 aromatic heterocycles. The molecule has 0 unspecified atom stereocenters. The molecule has 0 bridgehead atoms. The van der Waals surface area contributed by atoms with Crippen LogP contribution in [0.2, 0.25) is 0 Å². The molecule has 3 heteroatoms. The maximum absolute atomic E-state index is 4.57. The fourth-order valence-electron chi connectivity index (χ4n) is 3.03. The van der Waals surface area contributed by atoms with E-state index in [1.165, 1.54) is 69.5 Å². The summed E-state index contributed by atoms with van der Waals surface area (Å²) in [5.41, 5.74) is 2.91. The van der Waals surface area contributed by atoms with E-state index in [0.29, 0.717) is 0 Å². The number of piperidine rings is 1. The third-order valence-corrected chi connectivity index (χ3v) is 4.02. The minimum atomic E-state index is 0.862. The summed E-state index contributed by atoms with van der Waals surface area (Å²) < 4.78 is 2.44. The van der Waals surface area contributed by atoms with Gasteiger partial charge >= 0.3 is 0 Å². The molecular weight excluding hydrogens is 198 g/mol. The summed E-state index contributed by atoms with van der Waals surface area (Å²) in [6.07, 6.45) is 9.87. The van der Waals surface area contributed by atoms with E-state index in [4.69, 9.17) is 0 Å². The minimum Gasteiger partial charge on any atom is -0.334 e. The molecule has 1 aromatic rings. The van der Waals surface area contributed by atoms with Crippen LogP contribution in [0.25, 0.3) is 0 Å². The van der Waals surface area contributed by atoms with Crippen molar-refractivity contribution in [2.24, 2.45) is 5.92 Å². The summed E-state index contributed by atoms with van der Waals surface area (Å²) in [6.45, 7) is 3.59. The third kappa shape index (κ3) is 2.01. The number of aryl methyl sites for hydroxylation is 1. The van der Waals surface area contributed by atoms with Gasteiger partial charge in [-0.2, -0.15) is 0 Å². The monoisotopic (exact) mass is 219 g/mol. The molecule has 1 saturated heterocycles. The Hall–Kier alpha value is -0.830. The van der Waals surface area contributed by atoms with Gasteiger partial charge in [-0.1, -0.05) is 0 Å². The SMILES string of the molecule is c1nc2c(n1CC1CCNCC1)CCCC2. The molecule has 2 aliphatic rings. The maximum atomic E-state index is 4.57. The average Bonchev–Trinajstić information content (AvgIpc) is 2.74. The molecular formula is C13H21N3. The van der Waals surface area contributed by atoms with E-state index >= 15 is 0 Å². The second-order valence-electron chi connectivity index (χ2n) is 5.19. The van der Waals surface area contributed by atoms with E-state index in [1.54, 1.807) is 0 Å². The highest BCUT2D eigenvalue weighted by Gasteiger charge is 2.18. The Balaban J connectivity index is 1.71. The van der Waals surface area contributed by atoms with Gasteiger partial charge in [-0.3, -0.25) is 0 Å². The van der Waals surface area contributed by atoms with Gasteiger partial charge in [0.15, 0.2) is 0 Å². The first kappa shape index (κ1) is 10.3. The Morgan fingerprint density at radius 3 is 2.94 bits per heavy atom. The van der Waals surface area contributed by atoms with Gasteiger partial charge in [0.05, 0.1) is 12.0 Å². The van der Waals surface area contributed by atoms with E-state index in [9.17, 15) is 0 Å². The summed E-state index contributed by atoms with van der Waals surface area (Å²) in [7, 11) is 0. The smallest absolute Gasteiger partial charge is 0.0951 e. The molecule has 0 aromatic carbocycles. The number of hydrogen-bond donors (Lipinski definition) is 1. The van der Waals surface area contributed by atoms with Crippen molar-refractivity contribution in [3.63, 3.8) is 0 Å². The molecule has 0 atom stereocenters. The van der Waals surface area contributed by atoms with Crippen molar-refractivity contribution in [1.82, 2.24) is 14.9 Å². The van der Waals surface area contributed by atoms with Crippen molar-refractivity contribution >= 4 is 0 Å². The normalized spacial score (nSPS) is 22.0. The lowest BCUT2D eigenvalue weighted by molar-refractivity contribution is 0.329. The molecule has 1 aliphatic carbocycles. The van der Waals surface area contributed by atoms with Crippen LogP contribution in [0, 0.1) is 5.92 Å². The van der Waals surface area contributed by atoms with Crippen molar-refractivity contribution in [2.75, 3.05) is 13.1 Å². The first-order valence-corrected chi connectivity index (χ1v) is 6.67. The Bertz CT molecular complexity index is 350. The molecule has 0 radical (unpaired) electrons. The number of rotatable bonds is 2. The molecule has 0 amide bonds. The van der Waals surface area contributed by atoms with Crippen molar-refractivity contribution in [3.05, 3.63) is 17.7 Å². The predicted octanol–water partition coefficient (Wildman–Crippen LogP) is 1.76. The van der Waals surface area contributed by atoms with Crippen molar-refractivity contribution in [1.29, 1.82) is 0 Å². The quantitative estimate of drug-likeness (QED) is 0.821. The Labute approximate surface area is 97.3 Å². The number of nitrogens with zero attached hydrogens (tertiary/aromatic N) is 2. The van der Waals surface area contributed by atoms with Crippen LogP contribution in [-0.2, 0) is 19.4 Å². The lowest BCUT2D eigenvalue weighted by Gasteiger charge is -2.24. The van der Waals surface area contributed by atoms with Gasteiger partial charge in [0.2, 0.25) is 0 Å². The van der Waals surface area contributed by atoms with Crippen LogP contribution >= 0.6 is 0 Å². The molecule has 16 heavy (non-hydrogen) atoms. The van der Waals surface area contributed by atoms with E-state index in [0.717, 1.165) is 5.92 Å². The maximum Gasteiger partial charge on any atom is 0.0951 e. The zero-order chi connectivity index (χ0) is 10.8. The predicted molar refractivity (Wildman–Crippen MR) is 64.5 cm³/mol. The molecule has 1 aliphatic heterocycles. The topological polar surface area (TPSA) is 29.9 Å². The summed E-state index contributed by atoms with van der Waals surface area (Å²) in [4.78, 5) is 4.57. The molecule has 3 rings (SSSR count). The number of hydrogen-bond acceptors (Lipinski definition) is 2. The van der Waals surface area contributed by atoms with Gasteiger partial charge in [-0.25, -0.2) is 4.98 Å². The second-order valence-corrected chi connectivity index (χ2v) is 5.19. The Morgan fingerprint density at radius 1 is 1.25 bits per heavy atom. The Morgan fingerprint density at radius 2 is 2.06 bits per heavy atom. The molecule has 1 N–H and O–H groups in total. The van der Waals surface area contributed by atoms with Gasteiger partial charge in [0.1, 0.15) is 0 Å². The zero-order valence-electron chi connectivity index (χ0n) is 9.91. The van der Waals surface area contributed by atoms with Crippen molar-refractivity contribution in [2.45, 2.75) is 45.1 Å². The van der Waals surface area contributed by atoms with Gasteiger partial charge in [-0.05, 0) is 57.5 Å². The van der Waals surface area contributed by atoms with Crippen LogP contribution in [0.5, 0.6) is 0 Å². The van der Waals surface area contributed by atoms with Gasteiger partial charge < -0.3 is 9.88 Å². The number of aromatic nitrogens is 2. The molecule has 0 saturated carbocycles. The van der Waals surface area contributed by atoms with Crippen molar-refractivity contribution in [3.8, 4) is 0 Å². The van der Waals surface area contributed by atoms with E-state index in [1.807, 2.05) is 0 Å². The summed E-state index contributed by atoms with van der Waals surface area (Å²) in [5.74, 6) is 0.862. The van der Waals surface area contributed by atoms with Crippen LogP contribution in [0.3, 0.4) is 0 Å². The van der Waals surface area contributed by atoms with Crippen LogP contribution < -0.4 is 5.32 Å². The van der Waals surface area contributed by atoms with Crippen LogP contribution in [0.15, 0.2) is 6.33 Å². The first-order valence-electron chi connectivity index (χ1n) is 6.67. The van der Waals surface area contributed by atoms with E-state index in [-0.39, 0.29) is 0 Å². The third-order valence-electron chi connectivity index (χ3n) is 4.02. The number of nitrogens with one attached hydrogen (secondary N) is 1. The molecule has 0 spiro atoms. The van der Waals surface area contributed by atoms with E-state index < -0.39 is 0 Å². The highest BCUT2D eigenvalue weighted by atomic mass is 15.1. The van der Waals surface area contributed by atoms with Gasteiger partial charge in [-0.15, -0.1) is 0 Å². The van der Waals surface area contributed by atoms with Crippen LogP contribution in [-0.4, -0.2) is 22.6 Å². The lowest BCUT2D eigenvalue weighted by atomic mass is 9.97.